The maximum absolute atomic E-state index is 13.1. The van der Waals surface area contributed by atoms with Gasteiger partial charge in [0.15, 0.2) is 0 Å². The Morgan fingerprint density at radius 2 is 1.72 bits per heavy atom. The summed E-state index contributed by atoms with van der Waals surface area (Å²) in [5.74, 6) is 1.27. The van der Waals surface area contributed by atoms with Gasteiger partial charge in [-0.15, -0.1) is 0 Å². The van der Waals surface area contributed by atoms with Crippen molar-refractivity contribution < 1.29 is 13.9 Å². The van der Waals surface area contributed by atoms with Gasteiger partial charge < -0.3 is 9.47 Å². The SMILES string of the molecule is CCOc1[nH]nc(-c2ccc(OC)cc2)c1CCc1ccc(F)cc1. The molecule has 0 saturated heterocycles. The minimum atomic E-state index is -0.221. The number of hydrogen-bond donors (Lipinski definition) is 1. The Labute approximate surface area is 146 Å². The van der Waals surface area contributed by atoms with Gasteiger partial charge in [0.1, 0.15) is 11.6 Å². The van der Waals surface area contributed by atoms with Crippen molar-refractivity contribution in [1.29, 1.82) is 0 Å². The van der Waals surface area contributed by atoms with Gasteiger partial charge in [-0.25, -0.2) is 9.49 Å². The second-order valence-electron chi connectivity index (χ2n) is 5.67. The molecule has 0 bridgehead atoms. The smallest absolute Gasteiger partial charge is 0.213 e. The first-order chi connectivity index (χ1) is 12.2. The van der Waals surface area contributed by atoms with Crippen molar-refractivity contribution in [1.82, 2.24) is 10.2 Å². The Hall–Kier alpha value is -2.82. The number of aryl methyl sites for hydroxylation is 1. The van der Waals surface area contributed by atoms with Crippen molar-refractivity contribution in [2.75, 3.05) is 13.7 Å². The van der Waals surface area contributed by atoms with Crippen molar-refractivity contribution in [3.05, 3.63) is 65.5 Å². The summed E-state index contributed by atoms with van der Waals surface area (Å²) in [4.78, 5) is 0. The molecular formula is C20H21FN2O2. The first kappa shape index (κ1) is 17.0. The molecular weight excluding hydrogens is 319 g/mol. The molecule has 2 aromatic carbocycles. The number of halogens is 1. The zero-order valence-corrected chi connectivity index (χ0v) is 14.4. The summed E-state index contributed by atoms with van der Waals surface area (Å²) >= 11 is 0. The van der Waals surface area contributed by atoms with Crippen LogP contribution in [-0.4, -0.2) is 23.9 Å². The fourth-order valence-corrected chi connectivity index (χ4v) is 2.75. The molecule has 3 rings (SSSR count). The normalized spacial score (nSPS) is 10.7. The number of aromatic nitrogens is 2. The quantitative estimate of drug-likeness (QED) is 0.693. The molecule has 0 unspecified atom stereocenters. The molecule has 1 N–H and O–H groups in total. The van der Waals surface area contributed by atoms with Crippen LogP contribution in [0.2, 0.25) is 0 Å². The maximum atomic E-state index is 13.1. The van der Waals surface area contributed by atoms with E-state index >= 15 is 0 Å². The lowest BCUT2D eigenvalue weighted by atomic mass is 10.0. The third-order valence-electron chi connectivity index (χ3n) is 4.06. The number of methoxy groups -OCH3 is 1. The topological polar surface area (TPSA) is 47.1 Å². The second kappa shape index (κ2) is 7.83. The van der Waals surface area contributed by atoms with Crippen LogP contribution >= 0.6 is 0 Å². The van der Waals surface area contributed by atoms with Crippen molar-refractivity contribution in [2.45, 2.75) is 19.8 Å². The van der Waals surface area contributed by atoms with E-state index < -0.39 is 0 Å². The highest BCUT2D eigenvalue weighted by molar-refractivity contribution is 5.66. The number of hydrogen-bond acceptors (Lipinski definition) is 3. The van der Waals surface area contributed by atoms with Crippen LogP contribution in [0.4, 0.5) is 4.39 Å². The molecule has 0 saturated carbocycles. The highest BCUT2D eigenvalue weighted by atomic mass is 19.1. The summed E-state index contributed by atoms with van der Waals surface area (Å²) in [7, 11) is 1.64. The molecule has 0 aliphatic heterocycles. The zero-order chi connectivity index (χ0) is 17.6. The molecule has 0 fully saturated rings. The Balaban J connectivity index is 1.86. The van der Waals surface area contributed by atoms with Crippen LogP contribution in [0.3, 0.4) is 0 Å². The molecule has 1 aromatic heterocycles. The van der Waals surface area contributed by atoms with E-state index in [9.17, 15) is 4.39 Å². The Morgan fingerprint density at radius 1 is 1.00 bits per heavy atom. The van der Waals surface area contributed by atoms with Gasteiger partial charge in [0.25, 0.3) is 0 Å². The van der Waals surface area contributed by atoms with Gasteiger partial charge in [0.05, 0.1) is 19.4 Å². The van der Waals surface area contributed by atoms with Gasteiger partial charge in [-0.05, 0) is 61.7 Å². The largest absolute Gasteiger partial charge is 0.497 e. The predicted octanol–water partition coefficient (Wildman–Crippen LogP) is 4.41. The van der Waals surface area contributed by atoms with Gasteiger partial charge in [-0.2, -0.15) is 5.10 Å². The third kappa shape index (κ3) is 3.99. The number of benzene rings is 2. The van der Waals surface area contributed by atoms with E-state index in [0.29, 0.717) is 12.5 Å². The summed E-state index contributed by atoms with van der Waals surface area (Å²) in [5.41, 5.74) is 3.97. The lowest BCUT2D eigenvalue weighted by Gasteiger charge is -2.08. The molecule has 0 atom stereocenters. The number of nitrogens with zero attached hydrogens (tertiary/aromatic N) is 1. The monoisotopic (exact) mass is 340 g/mol. The maximum Gasteiger partial charge on any atom is 0.213 e. The molecule has 0 aliphatic carbocycles. The highest BCUT2D eigenvalue weighted by Gasteiger charge is 2.16. The summed E-state index contributed by atoms with van der Waals surface area (Å²) in [5, 5.41) is 7.42. The molecule has 5 heteroatoms. The number of rotatable bonds is 7. The van der Waals surface area contributed by atoms with E-state index in [4.69, 9.17) is 9.47 Å². The first-order valence-electron chi connectivity index (χ1n) is 8.30. The standard InChI is InChI=1S/C20H21FN2O2/c1-3-25-20-18(13-6-14-4-9-16(21)10-5-14)19(22-23-20)15-7-11-17(24-2)12-8-15/h4-5,7-12H,3,6,13H2,1-2H3,(H,22,23). The van der Waals surface area contributed by atoms with E-state index in [1.54, 1.807) is 7.11 Å². The van der Waals surface area contributed by atoms with Gasteiger partial charge >= 0.3 is 0 Å². The second-order valence-corrected chi connectivity index (χ2v) is 5.67. The first-order valence-corrected chi connectivity index (χ1v) is 8.30. The average Bonchev–Trinajstić information content (AvgIpc) is 3.04. The van der Waals surface area contributed by atoms with Crippen LogP contribution in [0.25, 0.3) is 11.3 Å². The molecule has 130 valence electrons. The summed E-state index contributed by atoms with van der Waals surface area (Å²) < 4.78 is 24.0. The lowest BCUT2D eigenvalue weighted by Crippen LogP contribution is -1.98. The van der Waals surface area contributed by atoms with Gasteiger partial charge in [-0.3, -0.25) is 0 Å². The fraction of sp³-hybridized carbons (Fsp3) is 0.250. The molecule has 1 heterocycles. The predicted molar refractivity (Wildman–Crippen MR) is 95.6 cm³/mol. The third-order valence-corrected chi connectivity index (χ3v) is 4.06. The van der Waals surface area contributed by atoms with E-state index in [1.807, 2.05) is 43.3 Å². The minimum absolute atomic E-state index is 0.221. The van der Waals surface area contributed by atoms with Gasteiger partial charge in [-0.1, -0.05) is 12.1 Å². The van der Waals surface area contributed by atoms with E-state index in [-0.39, 0.29) is 5.82 Å². The van der Waals surface area contributed by atoms with Crippen LogP contribution < -0.4 is 9.47 Å². The molecule has 0 radical (unpaired) electrons. The Kier molecular flexibility index (Phi) is 5.33. The van der Waals surface area contributed by atoms with Gasteiger partial charge in [0, 0.05) is 11.1 Å². The van der Waals surface area contributed by atoms with Gasteiger partial charge in [0.2, 0.25) is 5.88 Å². The summed E-state index contributed by atoms with van der Waals surface area (Å²) in [6, 6.07) is 14.4. The van der Waals surface area contributed by atoms with E-state index in [2.05, 4.69) is 10.2 Å². The van der Waals surface area contributed by atoms with Crippen molar-refractivity contribution >= 4 is 0 Å². The molecule has 3 aromatic rings. The highest BCUT2D eigenvalue weighted by Crippen LogP contribution is 2.30. The number of H-pyrrole nitrogens is 1. The summed E-state index contributed by atoms with van der Waals surface area (Å²) in [6.07, 6.45) is 1.53. The van der Waals surface area contributed by atoms with Crippen LogP contribution in [0.1, 0.15) is 18.1 Å². The van der Waals surface area contributed by atoms with Crippen LogP contribution in [0.5, 0.6) is 11.6 Å². The summed E-state index contributed by atoms with van der Waals surface area (Å²) in [6.45, 7) is 2.51. The molecule has 0 spiro atoms. The van der Waals surface area contributed by atoms with Crippen molar-refractivity contribution in [3.8, 4) is 22.9 Å². The minimum Gasteiger partial charge on any atom is -0.497 e. The van der Waals surface area contributed by atoms with E-state index in [0.717, 1.165) is 41.0 Å². The molecule has 4 nitrogen and oxygen atoms in total. The van der Waals surface area contributed by atoms with Crippen molar-refractivity contribution in [2.24, 2.45) is 0 Å². The van der Waals surface area contributed by atoms with Crippen LogP contribution in [0, 0.1) is 5.82 Å². The Morgan fingerprint density at radius 3 is 2.36 bits per heavy atom. The average molecular weight is 340 g/mol. The number of nitrogens with one attached hydrogen (secondary N) is 1. The fourth-order valence-electron chi connectivity index (χ4n) is 2.75. The molecule has 0 aliphatic rings. The zero-order valence-electron chi connectivity index (χ0n) is 14.4. The lowest BCUT2D eigenvalue weighted by molar-refractivity contribution is 0.323. The van der Waals surface area contributed by atoms with Crippen LogP contribution in [0.15, 0.2) is 48.5 Å². The number of ether oxygens (including phenoxy) is 2. The van der Waals surface area contributed by atoms with Crippen LogP contribution in [-0.2, 0) is 12.8 Å². The number of aromatic amines is 1. The van der Waals surface area contributed by atoms with E-state index in [1.165, 1.54) is 12.1 Å². The Bertz CT molecular complexity index is 811. The molecule has 25 heavy (non-hydrogen) atoms. The molecule has 0 amide bonds. The van der Waals surface area contributed by atoms with Crippen molar-refractivity contribution in [3.63, 3.8) is 0 Å².